The SMILES string of the molecule is CC1Cc2ccccc2N(C(=O)c2ccc(C(=O)O)o2)C1. The summed E-state index contributed by atoms with van der Waals surface area (Å²) in [6.07, 6.45) is 0.929. The first kappa shape index (κ1) is 13.4. The summed E-state index contributed by atoms with van der Waals surface area (Å²) in [7, 11) is 0. The summed E-state index contributed by atoms with van der Waals surface area (Å²) in [5.74, 6) is -1.31. The number of benzene rings is 1. The van der Waals surface area contributed by atoms with E-state index in [1.54, 1.807) is 4.90 Å². The lowest BCUT2D eigenvalue weighted by molar-refractivity contribution is 0.0660. The lowest BCUT2D eigenvalue weighted by Crippen LogP contribution is -2.39. The number of anilines is 1. The van der Waals surface area contributed by atoms with Gasteiger partial charge in [-0.05, 0) is 36.1 Å². The Labute approximate surface area is 121 Å². The summed E-state index contributed by atoms with van der Waals surface area (Å²) >= 11 is 0. The van der Waals surface area contributed by atoms with Crippen molar-refractivity contribution in [2.24, 2.45) is 5.92 Å². The third-order valence-electron chi connectivity index (χ3n) is 3.62. The summed E-state index contributed by atoms with van der Waals surface area (Å²) in [5.41, 5.74) is 1.99. The maximum atomic E-state index is 12.6. The Bertz CT molecular complexity index is 704. The molecule has 21 heavy (non-hydrogen) atoms. The maximum Gasteiger partial charge on any atom is 0.371 e. The van der Waals surface area contributed by atoms with Crippen molar-refractivity contribution in [2.75, 3.05) is 11.4 Å². The maximum absolute atomic E-state index is 12.6. The normalized spacial score (nSPS) is 17.4. The first-order chi connectivity index (χ1) is 10.1. The van der Waals surface area contributed by atoms with Gasteiger partial charge >= 0.3 is 5.97 Å². The zero-order valence-electron chi connectivity index (χ0n) is 11.6. The highest BCUT2D eigenvalue weighted by molar-refractivity contribution is 6.05. The van der Waals surface area contributed by atoms with E-state index >= 15 is 0 Å². The van der Waals surface area contributed by atoms with E-state index in [0.717, 1.165) is 17.7 Å². The number of fused-ring (bicyclic) bond motifs is 1. The monoisotopic (exact) mass is 285 g/mol. The highest BCUT2D eigenvalue weighted by Crippen LogP contribution is 2.30. The Morgan fingerprint density at radius 2 is 1.90 bits per heavy atom. The number of amides is 1. The summed E-state index contributed by atoms with van der Waals surface area (Å²) in [5, 5.41) is 8.87. The number of carbonyl (C=O) groups is 2. The molecule has 2 aromatic rings. The molecule has 1 atom stereocenters. The molecule has 0 radical (unpaired) electrons. The fourth-order valence-electron chi connectivity index (χ4n) is 2.69. The van der Waals surface area contributed by atoms with Gasteiger partial charge in [0.1, 0.15) is 0 Å². The van der Waals surface area contributed by atoms with E-state index in [0.29, 0.717) is 12.5 Å². The van der Waals surface area contributed by atoms with E-state index in [-0.39, 0.29) is 17.4 Å². The fraction of sp³-hybridized carbons (Fsp3) is 0.250. The van der Waals surface area contributed by atoms with E-state index in [4.69, 9.17) is 9.52 Å². The lowest BCUT2D eigenvalue weighted by Gasteiger charge is -2.32. The molecule has 1 aromatic heterocycles. The van der Waals surface area contributed by atoms with Crippen LogP contribution in [-0.4, -0.2) is 23.5 Å². The molecule has 0 saturated carbocycles. The molecule has 1 N–H and O–H groups in total. The van der Waals surface area contributed by atoms with E-state index in [1.807, 2.05) is 24.3 Å². The number of rotatable bonds is 2. The summed E-state index contributed by atoms with van der Waals surface area (Å²) in [6, 6.07) is 10.5. The molecular formula is C16H15NO4. The zero-order chi connectivity index (χ0) is 15.0. The van der Waals surface area contributed by atoms with Crippen LogP contribution in [0.2, 0.25) is 0 Å². The van der Waals surface area contributed by atoms with Crippen molar-refractivity contribution < 1.29 is 19.1 Å². The lowest BCUT2D eigenvalue weighted by atomic mass is 9.94. The van der Waals surface area contributed by atoms with Gasteiger partial charge < -0.3 is 14.4 Å². The molecule has 5 heteroatoms. The van der Waals surface area contributed by atoms with Gasteiger partial charge in [0.25, 0.3) is 5.91 Å². The molecule has 0 spiro atoms. The molecule has 0 fully saturated rings. The molecule has 5 nitrogen and oxygen atoms in total. The fourth-order valence-corrected chi connectivity index (χ4v) is 2.69. The second kappa shape index (κ2) is 5.09. The van der Waals surface area contributed by atoms with Crippen molar-refractivity contribution >= 4 is 17.6 Å². The number of para-hydroxylation sites is 1. The van der Waals surface area contributed by atoms with E-state index in [2.05, 4.69) is 6.92 Å². The van der Waals surface area contributed by atoms with Crippen LogP contribution in [0.3, 0.4) is 0 Å². The van der Waals surface area contributed by atoms with Crippen LogP contribution in [0.15, 0.2) is 40.8 Å². The van der Waals surface area contributed by atoms with Gasteiger partial charge in [-0.1, -0.05) is 25.1 Å². The van der Waals surface area contributed by atoms with Crippen LogP contribution in [0.25, 0.3) is 0 Å². The Kier molecular flexibility index (Phi) is 3.25. The van der Waals surface area contributed by atoms with Crippen LogP contribution in [0, 0.1) is 5.92 Å². The first-order valence-corrected chi connectivity index (χ1v) is 6.79. The number of aromatic carboxylic acids is 1. The second-order valence-electron chi connectivity index (χ2n) is 5.32. The van der Waals surface area contributed by atoms with Crippen LogP contribution < -0.4 is 4.90 Å². The van der Waals surface area contributed by atoms with Gasteiger partial charge in [0.2, 0.25) is 5.76 Å². The molecule has 1 unspecified atom stereocenters. The van der Waals surface area contributed by atoms with Crippen molar-refractivity contribution in [3.8, 4) is 0 Å². The summed E-state index contributed by atoms with van der Waals surface area (Å²) in [6.45, 7) is 2.68. The highest BCUT2D eigenvalue weighted by Gasteiger charge is 2.28. The zero-order valence-corrected chi connectivity index (χ0v) is 11.6. The van der Waals surface area contributed by atoms with E-state index < -0.39 is 5.97 Å². The molecule has 0 aliphatic carbocycles. The topological polar surface area (TPSA) is 70.8 Å². The van der Waals surface area contributed by atoms with Gasteiger partial charge in [0, 0.05) is 12.2 Å². The smallest absolute Gasteiger partial charge is 0.371 e. The third kappa shape index (κ3) is 2.42. The van der Waals surface area contributed by atoms with Gasteiger partial charge in [0.15, 0.2) is 5.76 Å². The molecule has 0 saturated heterocycles. The summed E-state index contributed by atoms with van der Waals surface area (Å²) < 4.78 is 5.12. The third-order valence-corrected chi connectivity index (χ3v) is 3.62. The van der Waals surface area contributed by atoms with Crippen LogP contribution in [-0.2, 0) is 6.42 Å². The predicted molar refractivity (Wildman–Crippen MR) is 76.7 cm³/mol. The molecule has 3 rings (SSSR count). The molecule has 1 aliphatic rings. The molecular weight excluding hydrogens is 270 g/mol. The van der Waals surface area contributed by atoms with Crippen molar-refractivity contribution in [3.05, 3.63) is 53.5 Å². The van der Waals surface area contributed by atoms with Crippen molar-refractivity contribution in [3.63, 3.8) is 0 Å². The largest absolute Gasteiger partial charge is 0.475 e. The first-order valence-electron chi connectivity index (χ1n) is 6.79. The minimum absolute atomic E-state index is 0.0521. The highest BCUT2D eigenvalue weighted by atomic mass is 16.4. The van der Waals surface area contributed by atoms with Crippen LogP contribution in [0.4, 0.5) is 5.69 Å². The molecule has 1 amide bonds. The van der Waals surface area contributed by atoms with Gasteiger partial charge in [-0.3, -0.25) is 4.79 Å². The van der Waals surface area contributed by atoms with Crippen LogP contribution in [0.5, 0.6) is 0 Å². The van der Waals surface area contributed by atoms with Crippen LogP contribution >= 0.6 is 0 Å². The number of carbonyl (C=O) groups excluding carboxylic acids is 1. The molecule has 1 aliphatic heterocycles. The van der Waals surface area contributed by atoms with Crippen molar-refractivity contribution in [1.82, 2.24) is 0 Å². The van der Waals surface area contributed by atoms with Gasteiger partial charge in [-0.15, -0.1) is 0 Å². The molecule has 2 heterocycles. The number of hydrogen-bond donors (Lipinski definition) is 1. The van der Waals surface area contributed by atoms with Crippen molar-refractivity contribution in [1.29, 1.82) is 0 Å². The number of nitrogens with zero attached hydrogens (tertiary/aromatic N) is 1. The Hall–Kier alpha value is -2.56. The number of carboxylic acid groups (broad SMARTS) is 1. The minimum atomic E-state index is -1.18. The standard InChI is InChI=1S/C16H15NO4/c1-10-8-11-4-2-3-5-12(11)17(9-10)15(18)13-6-7-14(21-13)16(19)20/h2-7,10H,8-9H2,1H3,(H,19,20). The molecule has 1 aromatic carbocycles. The Balaban J connectivity index is 1.95. The quantitative estimate of drug-likeness (QED) is 0.921. The summed E-state index contributed by atoms with van der Waals surface area (Å²) in [4.78, 5) is 25.1. The number of carboxylic acids is 1. The second-order valence-corrected chi connectivity index (χ2v) is 5.32. The molecule has 108 valence electrons. The Morgan fingerprint density at radius 3 is 2.62 bits per heavy atom. The predicted octanol–water partition coefficient (Wildman–Crippen LogP) is 2.82. The van der Waals surface area contributed by atoms with Gasteiger partial charge in [-0.25, -0.2) is 4.79 Å². The van der Waals surface area contributed by atoms with E-state index in [9.17, 15) is 9.59 Å². The van der Waals surface area contributed by atoms with Crippen LogP contribution in [0.1, 0.15) is 33.6 Å². The number of furan rings is 1. The Morgan fingerprint density at radius 1 is 1.19 bits per heavy atom. The minimum Gasteiger partial charge on any atom is -0.475 e. The molecule has 0 bridgehead atoms. The average Bonchev–Trinajstić information content (AvgIpc) is 2.95. The van der Waals surface area contributed by atoms with Gasteiger partial charge in [-0.2, -0.15) is 0 Å². The van der Waals surface area contributed by atoms with E-state index in [1.165, 1.54) is 12.1 Å². The number of hydrogen-bond acceptors (Lipinski definition) is 3. The average molecular weight is 285 g/mol. The van der Waals surface area contributed by atoms with Crippen molar-refractivity contribution in [2.45, 2.75) is 13.3 Å². The van der Waals surface area contributed by atoms with Gasteiger partial charge in [0.05, 0.1) is 0 Å².